The van der Waals surface area contributed by atoms with Crippen molar-refractivity contribution in [3.8, 4) is 5.75 Å². The Labute approximate surface area is 148 Å². The molecule has 130 valence electrons. The van der Waals surface area contributed by atoms with Crippen molar-refractivity contribution in [3.05, 3.63) is 53.5 Å². The lowest BCUT2D eigenvalue weighted by Gasteiger charge is -2.18. The van der Waals surface area contributed by atoms with Crippen LogP contribution in [0.5, 0.6) is 5.75 Å². The lowest BCUT2D eigenvalue weighted by molar-refractivity contribution is -0.127. The number of benzene rings is 1. The summed E-state index contributed by atoms with van der Waals surface area (Å²) in [6.45, 7) is 6.68. The Hall–Kier alpha value is -1.88. The summed E-state index contributed by atoms with van der Waals surface area (Å²) >= 11 is 1.73. The van der Waals surface area contributed by atoms with Crippen LogP contribution in [0.2, 0.25) is 0 Å². The van der Waals surface area contributed by atoms with Crippen molar-refractivity contribution in [3.63, 3.8) is 0 Å². The maximum absolute atomic E-state index is 12.3. The zero-order valence-corrected chi connectivity index (χ0v) is 15.3. The average Bonchev–Trinajstić information content (AvgIpc) is 3.08. The predicted molar refractivity (Wildman–Crippen MR) is 98.5 cm³/mol. The van der Waals surface area contributed by atoms with Gasteiger partial charge in [0.1, 0.15) is 11.5 Å². The summed E-state index contributed by atoms with van der Waals surface area (Å²) in [7, 11) is 0. The maximum Gasteiger partial charge on any atom is 0.261 e. The standard InChI is InChI=1S/C19H25NO3S/c1-4-18(23-16-8-7-14(2)15(3)12-16)19(21)20-9-11-24-13-17-6-5-10-22-17/h5-8,10,12,18H,4,9,11,13H2,1-3H3,(H,20,21)/t18-/m1/s1. The summed E-state index contributed by atoms with van der Waals surface area (Å²) in [6.07, 6.45) is 1.86. The first-order valence-corrected chi connectivity index (χ1v) is 9.37. The molecule has 0 aliphatic rings. The van der Waals surface area contributed by atoms with Crippen molar-refractivity contribution in [1.82, 2.24) is 5.32 Å². The molecule has 0 saturated heterocycles. The third kappa shape index (κ3) is 5.64. The molecule has 1 aromatic carbocycles. The third-order valence-corrected chi connectivity index (χ3v) is 4.77. The van der Waals surface area contributed by atoms with E-state index in [1.807, 2.05) is 44.2 Å². The van der Waals surface area contributed by atoms with Gasteiger partial charge in [-0.3, -0.25) is 4.79 Å². The topological polar surface area (TPSA) is 51.5 Å². The molecule has 1 heterocycles. The Kier molecular flexibility index (Phi) is 7.25. The summed E-state index contributed by atoms with van der Waals surface area (Å²) in [5.74, 6) is 3.30. The molecule has 0 unspecified atom stereocenters. The van der Waals surface area contributed by atoms with Gasteiger partial charge in [-0.05, 0) is 55.7 Å². The molecule has 1 atom stereocenters. The molecule has 0 aliphatic carbocycles. The number of carbonyl (C=O) groups is 1. The van der Waals surface area contributed by atoms with Crippen LogP contribution in [0.4, 0.5) is 0 Å². The number of carbonyl (C=O) groups excluding carboxylic acids is 1. The van der Waals surface area contributed by atoms with Gasteiger partial charge >= 0.3 is 0 Å². The Bertz CT molecular complexity index is 640. The smallest absolute Gasteiger partial charge is 0.261 e. The van der Waals surface area contributed by atoms with Gasteiger partial charge in [0.15, 0.2) is 6.10 Å². The minimum Gasteiger partial charge on any atom is -0.481 e. The first-order chi connectivity index (χ1) is 11.6. The highest BCUT2D eigenvalue weighted by atomic mass is 32.2. The second-order valence-corrected chi connectivity index (χ2v) is 6.79. The van der Waals surface area contributed by atoms with Crippen LogP contribution in [-0.2, 0) is 10.5 Å². The fraction of sp³-hybridized carbons (Fsp3) is 0.421. The van der Waals surface area contributed by atoms with Crippen LogP contribution < -0.4 is 10.1 Å². The van der Waals surface area contributed by atoms with Crippen molar-refractivity contribution in [2.75, 3.05) is 12.3 Å². The van der Waals surface area contributed by atoms with E-state index in [4.69, 9.17) is 9.15 Å². The van der Waals surface area contributed by atoms with Crippen LogP contribution in [0.3, 0.4) is 0 Å². The second-order valence-electron chi connectivity index (χ2n) is 5.68. The van der Waals surface area contributed by atoms with Crippen molar-refractivity contribution >= 4 is 17.7 Å². The van der Waals surface area contributed by atoms with E-state index in [9.17, 15) is 4.79 Å². The molecule has 2 rings (SSSR count). The van der Waals surface area contributed by atoms with Gasteiger partial charge in [-0.25, -0.2) is 0 Å². The fourth-order valence-electron chi connectivity index (χ4n) is 2.20. The quantitative estimate of drug-likeness (QED) is 0.694. The highest BCUT2D eigenvalue weighted by molar-refractivity contribution is 7.98. The first-order valence-electron chi connectivity index (χ1n) is 8.22. The molecule has 5 heteroatoms. The lowest BCUT2D eigenvalue weighted by atomic mass is 10.1. The van der Waals surface area contributed by atoms with Gasteiger partial charge in [-0.2, -0.15) is 11.8 Å². The second kappa shape index (κ2) is 9.42. The Morgan fingerprint density at radius 1 is 1.29 bits per heavy atom. The zero-order valence-electron chi connectivity index (χ0n) is 14.5. The van der Waals surface area contributed by atoms with E-state index in [0.717, 1.165) is 28.6 Å². The Morgan fingerprint density at radius 2 is 2.12 bits per heavy atom. The zero-order chi connectivity index (χ0) is 17.4. The van der Waals surface area contributed by atoms with E-state index in [1.165, 1.54) is 5.56 Å². The molecular weight excluding hydrogens is 322 g/mol. The number of furan rings is 1. The molecule has 0 fully saturated rings. The first kappa shape index (κ1) is 18.5. The Morgan fingerprint density at radius 3 is 2.79 bits per heavy atom. The highest BCUT2D eigenvalue weighted by Gasteiger charge is 2.18. The summed E-state index contributed by atoms with van der Waals surface area (Å²) in [5, 5.41) is 2.94. The minimum absolute atomic E-state index is 0.0608. The molecule has 1 N–H and O–H groups in total. The van der Waals surface area contributed by atoms with Crippen LogP contribution in [0, 0.1) is 13.8 Å². The molecule has 0 aliphatic heterocycles. The van der Waals surface area contributed by atoms with Crippen LogP contribution in [0.15, 0.2) is 41.0 Å². The number of ether oxygens (including phenoxy) is 1. The van der Waals surface area contributed by atoms with E-state index in [-0.39, 0.29) is 5.91 Å². The maximum atomic E-state index is 12.3. The Balaban J connectivity index is 1.73. The molecule has 1 aromatic heterocycles. The molecule has 0 saturated carbocycles. The third-order valence-electron chi connectivity index (χ3n) is 3.79. The number of rotatable bonds is 9. The molecule has 24 heavy (non-hydrogen) atoms. The number of hydrogen-bond donors (Lipinski definition) is 1. The monoisotopic (exact) mass is 347 g/mol. The van der Waals surface area contributed by atoms with Crippen LogP contribution in [0.1, 0.15) is 30.2 Å². The average molecular weight is 347 g/mol. The normalized spacial score (nSPS) is 12.0. The van der Waals surface area contributed by atoms with Crippen LogP contribution in [0.25, 0.3) is 0 Å². The number of amides is 1. The van der Waals surface area contributed by atoms with Gasteiger partial charge < -0.3 is 14.5 Å². The van der Waals surface area contributed by atoms with Crippen molar-refractivity contribution in [1.29, 1.82) is 0 Å². The molecule has 0 spiro atoms. The SMILES string of the molecule is CC[C@@H](Oc1ccc(C)c(C)c1)C(=O)NCCSCc1ccco1. The molecule has 0 radical (unpaired) electrons. The van der Waals surface area contributed by atoms with Gasteiger partial charge in [-0.1, -0.05) is 13.0 Å². The largest absolute Gasteiger partial charge is 0.481 e. The fourth-order valence-corrected chi connectivity index (χ4v) is 2.96. The van der Waals surface area contributed by atoms with E-state index < -0.39 is 6.10 Å². The van der Waals surface area contributed by atoms with Crippen molar-refractivity contribution in [2.24, 2.45) is 0 Å². The van der Waals surface area contributed by atoms with E-state index >= 15 is 0 Å². The summed E-state index contributed by atoms with van der Waals surface area (Å²) in [5.41, 5.74) is 2.38. The van der Waals surface area contributed by atoms with E-state index in [1.54, 1.807) is 18.0 Å². The van der Waals surface area contributed by atoms with Crippen molar-refractivity contribution in [2.45, 2.75) is 39.0 Å². The van der Waals surface area contributed by atoms with Gasteiger partial charge in [0.25, 0.3) is 5.91 Å². The molecule has 1 amide bonds. The molecule has 0 bridgehead atoms. The summed E-state index contributed by atoms with van der Waals surface area (Å²) in [4.78, 5) is 12.3. The minimum atomic E-state index is -0.456. The highest BCUT2D eigenvalue weighted by Crippen LogP contribution is 2.18. The lowest BCUT2D eigenvalue weighted by Crippen LogP contribution is -2.39. The van der Waals surface area contributed by atoms with Gasteiger partial charge in [0, 0.05) is 12.3 Å². The van der Waals surface area contributed by atoms with Gasteiger partial charge in [-0.15, -0.1) is 0 Å². The molecule has 2 aromatic rings. The number of nitrogens with one attached hydrogen (secondary N) is 1. The predicted octanol–water partition coefficient (Wildman–Crippen LogP) is 4.10. The van der Waals surface area contributed by atoms with E-state index in [2.05, 4.69) is 12.2 Å². The van der Waals surface area contributed by atoms with Crippen LogP contribution >= 0.6 is 11.8 Å². The van der Waals surface area contributed by atoms with E-state index in [0.29, 0.717) is 13.0 Å². The summed E-state index contributed by atoms with van der Waals surface area (Å²) < 4.78 is 11.1. The van der Waals surface area contributed by atoms with Crippen LogP contribution in [-0.4, -0.2) is 24.3 Å². The molecule has 4 nitrogen and oxygen atoms in total. The van der Waals surface area contributed by atoms with Gasteiger partial charge in [0.05, 0.1) is 12.0 Å². The van der Waals surface area contributed by atoms with Gasteiger partial charge in [0.2, 0.25) is 0 Å². The number of thioether (sulfide) groups is 1. The number of aryl methyl sites for hydroxylation is 2. The van der Waals surface area contributed by atoms with Crippen molar-refractivity contribution < 1.29 is 13.9 Å². The molecular formula is C19H25NO3S. The summed E-state index contributed by atoms with van der Waals surface area (Å²) in [6, 6.07) is 9.74. The number of hydrogen-bond acceptors (Lipinski definition) is 4.